The molecule has 8 nitrogen and oxygen atoms in total. The van der Waals surface area contributed by atoms with Gasteiger partial charge in [-0.05, 0) is 39.0 Å². The first-order valence-electron chi connectivity index (χ1n) is 8.82. The fourth-order valence-electron chi connectivity index (χ4n) is 3.26. The number of likely N-dealkylation sites (tertiary alicyclic amines) is 1. The van der Waals surface area contributed by atoms with Crippen molar-refractivity contribution in [3.8, 4) is 0 Å². The standard InChI is InChI=1S/C17H23N5O3/c1-11-16(12(2)25-19-11)17(23)21-6-5-15(8-21)22-7-14(18-20-22)10-24-9-13-3-4-13/h7,13,15H,3-6,8-10H2,1-2H3. The highest BCUT2D eigenvalue weighted by Gasteiger charge is 2.31. The van der Waals surface area contributed by atoms with Gasteiger partial charge in [-0.1, -0.05) is 10.4 Å². The molecule has 134 valence electrons. The van der Waals surface area contributed by atoms with Crippen LogP contribution in [0.15, 0.2) is 10.7 Å². The molecule has 2 fully saturated rings. The molecule has 1 amide bonds. The lowest BCUT2D eigenvalue weighted by Crippen LogP contribution is -2.30. The quantitative estimate of drug-likeness (QED) is 0.795. The number of carbonyl (C=O) groups excluding carboxylic acids is 1. The third-order valence-corrected chi connectivity index (χ3v) is 4.93. The van der Waals surface area contributed by atoms with Gasteiger partial charge in [0.15, 0.2) is 0 Å². The first kappa shape index (κ1) is 16.3. The fourth-order valence-corrected chi connectivity index (χ4v) is 3.26. The minimum atomic E-state index is -0.0214. The van der Waals surface area contributed by atoms with E-state index in [1.807, 2.05) is 15.8 Å². The Balaban J connectivity index is 1.35. The highest BCUT2D eigenvalue weighted by molar-refractivity contribution is 5.96. The van der Waals surface area contributed by atoms with Gasteiger partial charge in [-0.3, -0.25) is 4.79 Å². The Morgan fingerprint density at radius 1 is 1.36 bits per heavy atom. The van der Waals surface area contributed by atoms with Crippen LogP contribution in [0, 0.1) is 19.8 Å². The average Bonchev–Trinajstić information content (AvgIpc) is 3.00. The van der Waals surface area contributed by atoms with Crippen molar-refractivity contribution in [2.45, 2.75) is 45.8 Å². The van der Waals surface area contributed by atoms with Crippen molar-refractivity contribution in [2.75, 3.05) is 19.7 Å². The maximum Gasteiger partial charge on any atom is 0.259 e. The Morgan fingerprint density at radius 2 is 2.20 bits per heavy atom. The highest BCUT2D eigenvalue weighted by Crippen LogP contribution is 2.29. The number of amides is 1. The lowest BCUT2D eigenvalue weighted by atomic mass is 10.2. The summed E-state index contributed by atoms with van der Waals surface area (Å²) in [6.07, 6.45) is 5.36. The van der Waals surface area contributed by atoms with Crippen LogP contribution in [0.1, 0.15) is 52.8 Å². The van der Waals surface area contributed by atoms with Crippen LogP contribution in [0.2, 0.25) is 0 Å². The van der Waals surface area contributed by atoms with Crippen LogP contribution in [0.4, 0.5) is 0 Å². The predicted octanol–water partition coefficient (Wildman–Crippen LogP) is 1.90. The molecule has 8 heteroatoms. The zero-order valence-electron chi connectivity index (χ0n) is 14.6. The third kappa shape index (κ3) is 3.44. The van der Waals surface area contributed by atoms with Crippen molar-refractivity contribution in [3.63, 3.8) is 0 Å². The summed E-state index contributed by atoms with van der Waals surface area (Å²) in [5.74, 6) is 1.29. The van der Waals surface area contributed by atoms with Gasteiger partial charge >= 0.3 is 0 Å². The summed E-state index contributed by atoms with van der Waals surface area (Å²) in [5, 5.41) is 12.3. The summed E-state index contributed by atoms with van der Waals surface area (Å²) < 4.78 is 12.6. The molecule has 4 rings (SSSR count). The van der Waals surface area contributed by atoms with Crippen LogP contribution in [0.5, 0.6) is 0 Å². The number of nitrogens with zero attached hydrogens (tertiary/aromatic N) is 5. The number of carbonyl (C=O) groups is 1. The number of aromatic nitrogens is 4. The molecule has 0 aromatic carbocycles. The normalized spacial score (nSPS) is 20.4. The second-order valence-corrected chi connectivity index (χ2v) is 7.04. The van der Waals surface area contributed by atoms with E-state index in [-0.39, 0.29) is 11.9 Å². The van der Waals surface area contributed by atoms with E-state index in [0.29, 0.717) is 36.7 Å². The van der Waals surface area contributed by atoms with Crippen LogP contribution >= 0.6 is 0 Å². The molecule has 2 aromatic heterocycles. The number of hydrogen-bond donors (Lipinski definition) is 0. The second-order valence-electron chi connectivity index (χ2n) is 7.04. The Hall–Kier alpha value is -2.22. The fraction of sp³-hybridized carbons (Fsp3) is 0.647. The van der Waals surface area contributed by atoms with Gasteiger partial charge < -0.3 is 14.2 Å². The molecule has 1 unspecified atom stereocenters. The summed E-state index contributed by atoms with van der Waals surface area (Å²) in [6, 6.07) is 0.147. The minimum Gasteiger partial charge on any atom is -0.375 e. The predicted molar refractivity (Wildman–Crippen MR) is 87.9 cm³/mol. The maximum absolute atomic E-state index is 12.7. The Kier molecular flexibility index (Phi) is 4.29. The first-order chi connectivity index (χ1) is 12.1. The number of ether oxygens (including phenoxy) is 1. The van der Waals surface area contributed by atoms with Crippen LogP contribution in [-0.2, 0) is 11.3 Å². The van der Waals surface area contributed by atoms with Gasteiger partial charge in [-0.2, -0.15) is 0 Å². The average molecular weight is 345 g/mol. The molecule has 3 heterocycles. The summed E-state index contributed by atoms with van der Waals surface area (Å²) in [4.78, 5) is 14.5. The van der Waals surface area contributed by atoms with Gasteiger partial charge in [0.1, 0.15) is 17.0 Å². The molecule has 0 N–H and O–H groups in total. The molecule has 0 radical (unpaired) electrons. The van der Waals surface area contributed by atoms with Gasteiger partial charge in [0.25, 0.3) is 5.91 Å². The Morgan fingerprint density at radius 3 is 2.92 bits per heavy atom. The Labute approximate surface area is 146 Å². The minimum absolute atomic E-state index is 0.0214. The van der Waals surface area contributed by atoms with E-state index < -0.39 is 0 Å². The Bertz CT molecular complexity index is 745. The van der Waals surface area contributed by atoms with Crippen molar-refractivity contribution >= 4 is 5.91 Å². The zero-order valence-corrected chi connectivity index (χ0v) is 14.6. The van der Waals surface area contributed by atoms with Crippen LogP contribution < -0.4 is 0 Å². The van der Waals surface area contributed by atoms with E-state index in [0.717, 1.165) is 24.6 Å². The maximum atomic E-state index is 12.7. The van der Waals surface area contributed by atoms with E-state index in [4.69, 9.17) is 9.26 Å². The van der Waals surface area contributed by atoms with E-state index in [1.54, 1.807) is 13.8 Å². The SMILES string of the molecule is Cc1noc(C)c1C(=O)N1CCC(n2cc(COCC3CC3)nn2)C1. The molecule has 1 saturated carbocycles. The lowest BCUT2D eigenvalue weighted by Gasteiger charge is -2.16. The highest BCUT2D eigenvalue weighted by atomic mass is 16.5. The summed E-state index contributed by atoms with van der Waals surface area (Å²) in [6.45, 7) is 6.20. The first-order valence-corrected chi connectivity index (χ1v) is 8.82. The van der Waals surface area contributed by atoms with Crippen LogP contribution in [0.3, 0.4) is 0 Å². The van der Waals surface area contributed by atoms with Gasteiger partial charge in [0.05, 0.1) is 24.5 Å². The summed E-state index contributed by atoms with van der Waals surface area (Å²) in [7, 11) is 0. The van der Waals surface area contributed by atoms with Crippen molar-refractivity contribution in [2.24, 2.45) is 5.92 Å². The van der Waals surface area contributed by atoms with Crippen molar-refractivity contribution in [3.05, 3.63) is 28.9 Å². The van der Waals surface area contributed by atoms with Gasteiger partial charge in [-0.15, -0.1) is 5.10 Å². The smallest absolute Gasteiger partial charge is 0.259 e. The molecule has 25 heavy (non-hydrogen) atoms. The molecule has 2 aliphatic rings. The largest absolute Gasteiger partial charge is 0.375 e. The molecule has 0 spiro atoms. The van der Waals surface area contributed by atoms with E-state index >= 15 is 0 Å². The summed E-state index contributed by atoms with van der Waals surface area (Å²) in [5.41, 5.74) is 2.06. The number of hydrogen-bond acceptors (Lipinski definition) is 6. The number of rotatable bonds is 6. The second kappa shape index (κ2) is 6.59. The van der Waals surface area contributed by atoms with Gasteiger partial charge in [0.2, 0.25) is 0 Å². The molecule has 1 aliphatic heterocycles. The van der Waals surface area contributed by atoms with E-state index in [9.17, 15) is 4.79 Å². The molecule has 1 aliphatic carbocycles. The zero-order chi connectivity index (χ0) is 17.4. The van der Waals surface area contributed by atoms with Crippen molar-refractivity contribution < 1.29 is 14.1 Å². The third-order valence-electron chi connectivity index (χ3n) is 4.93. The van der Waals surface area contributed by atoms with Crippen molar-refractivity contribution in [1.82, 2.24) is 25.1 Å². The van der Waals surface area contributed by atoms with Crippen molar-refractivity contribution in [1.29, 1.82) is 0 Å². The monoisotopic (exact) mass is 345 g/mol. The van der Waals surface area contributed by atoms with Crippen LogP contribution in [0.25, 0.3) is 0 Å². The van der Waals surface area contributed by atoms with Gasteiger partial charge in [-0.25, -0.2) is 4.68 Å². The topological polar surface area (TPSA) is 86.3 Å². The summed E-state index contributed by atoms with van der Waals surface area (Å²) >= 11 is 0. The number of aryl methyl sites for hydroxylation is 2. The molecule has 1 saturated heterocycles. The molecular formula is C17H23N5O3. The molecule has 0 bridgehead atoms. The van der Waals surface area contributed by atoms with E-state index in [2.05, 4.69) is 15.5 Å². The molecule has 2 aromatic rings. The van der Waals surface area contributed by atoms with Gasteiger partial charge in [0, 0.05) is 19.7 Å². The lowest BCUT2D eigenvalue weighted by molar-refractivity contribution is 0.0784. The van der Waals surface area contributed by atoms with E-state index in [1.165, 1.54) is 12.8 Å². The van der Waals surface area contributed by atoms with Crippen LogP contribution in [-0.4, -0.2) is 50.7 Å². The molecule has 1 atom stereocenters. The molecular weight excluding hydrogens is 322 g/mol.